The first-order valence-electron chi connectivity index (χ1n) is 12.3. The molecule has 1 aliphatic heterocycles. The molecule has 8 heteroatoms. The van der Waals surface area contributed by atoms with E-state index in [0.29, 0.717) is 27.8 Å². The molecule has 194 valence electrons. The summed E-state index contributed by atoms with van der Waals surface area (Å²) in [6.45, 7) is 8.02. The fraction of sp³-hybridized carbons (Fsp3) is 0.233. The van der Waals surface area contributed by atoms with Gasteiger partial charge in [-0.2, -0.15) is 5.26 Å². The van der Waals surface area contributed by atoms with Gasteiger partial charge in [-0.25, -0.2) is 0 Å². The van der Waals surface area contributed by atoms with Crippen LogP contribution in [0.2, 0.25) is 0 Å². The number of thiophene rings is 1. The SMILES string of the molecule is CC1=C(C(=O)Nc2ccccc2C)C(c2cccs2)C(C#N)=C(SCC(=O)Nc2ccc(C(C)C)cc2)N1. The highest BCUT2D eigenvalue weighted by molar-refractivity contribution is 8.03. The number of hydrogen-bond acceptors (Lipinski definition) is 6. The molecule has 3 N–H and O–H groups in total. The first-order valence-corrected chi connectivity index (χ1v) is 14.2. The highest BCUT2D eigenvalue weighted by atomic mass is 32.2. The van der Waals surface area contributed by atoms with E-state index in [1.807, 2.05) is 79.9 Å². The van der Waals surface area contributed by atoms with Crippen molar-refractivity contribution >= 4 is 46.3 Å². The quantitative estimate of drug-likeness (QED) is 0.288. The summed E-state index contributed by atoms with van der Waals surface area (Å²) >= 11 is 2.76. The maximum absolute atomic E-state index is 13.5. The molecule has 6 nitrogen and oxygen atoms in total. The van der Waals surface area contributed by atoms with Crippen molar-refractivity contribution in [1.82, 2.24) is 5.32 Å². The van der Waals surface area contributed by atoms with Gasteiger partial charge < -0.3 is 16.0 Å². The van der Waals surface area contributed by atoms with Crippen molar-refractivity contribution in [3.05, 3.63) is 104 Å². The normalized spacial score (nSPS) is 15.2. The van der Waals surface area contributed by atoms with Crippen molar-refractivity contribution in [2.24, 2.45) is 0 Å². The van der Waals surface area contributed by atoms with Gasteiger partial charge in [-0.3, -0.25) is 9.59 Å². The van der Waals surface area contributed by atoms with Gasteiger partial charge in [0.2, 0.25) is 5.91 Å². The molecule has 1 unspecified atom stereocenters. The van der Waals surface area contributed by atoms with Crippen molar-refractivity contribution in [2.45, 2.75) is 39.5 Å². The molecule has 0 aliphatic carbocycles. The van der Waals surface area contributed by atoms with Gasteiger partial charge >= 0.3 is 0 Å². The van der Waals surface area contributed by atoms with E-state index >= 15 is 0 Å². The number of allylic oxidation sites excluding steroid dienone is 2. The first kappa shape index (κ1) is 27.2. The van der Waals surface area contributed by atoms with Crippen LogP contribution in [0.1, 0.15) is 48.6 Å². The lowest BCUT2D eigenvalue weighted by molar-refractivity contribution is -0.114. The Labute approximate surface area is 231 Å². The number of nitrogens with one attached hydrogen (secondary N) is 3. The number of nitrogens with zero attached hydrogens (tertiary/aromatic N) is 1. The van der Waals surface area contributed by atoms with Crippen molar-refractivity contribution in [3.63, 3.8) is 0 Å². The molecule has 3 aromatic rings. The Bertz CT molecular complexity index is 1430. The van der Waals surface area contributed by atoms with Crippen LogP contribution in [-0.2, 0) is 9.59 Å². The molecule has 0 saturated heterocycles. The minimum Gasteiger partial charge on any atom is -0.353 e. The molecule has 2 amide bonds. The molecule has 0 spiro atoms. The van der Waals surface area contributed by atoms with Gasteiger partial charge in [-0.15, -0.1) is 11.3 Å². The summed E-state index contributed by atoms with van der Waals surface area (Å²) in [4.78, 5) is 27.2. The van der Waals surface area contributed by atoms with Gasteiger partial charge in [0.15, 0.2) is 0 Å². The molecule has 4 rings (SSSR count). The second-order valence-electron chi connectivity index (χ2n) is 9.35. The number of amides is 2. The zero-order valence-corrected chi connectivity index (χ0v) is 23.4. The van der Waals surface area contributed by atoms with E-state index in [-0.39, 0.29) is 17.6 Å². The molecule has 38 heavy (non-hydrogen) atoms. The third-order valence-electron chi connectivity index (χ3n) is 6.32. The summed E-state index contributed by atoms with van der Waals surface area (Å²) in [5, 5.41) is 21.9. The van der Waals surface area contributed by atoms with Crippen molar-refractivity contribution in [3.8, 4) is 6.07 Å². The zero-order chi connectivity index (χ0) is 27.2. The Kier molecular flexibility index (Phi) is 8.72. The molecule has 1 atom stereocenters. The van der Waals surface area contributed by atoms with Crippen LogP contribution < -0.4 is 16.0 Å². The molecule has 1 aliphatic rings. The maximum atomic E-state index is 13.5. The molecule has 0 fully saturated rings. The number of carbonyl (C=O) groups is 2. The lowest BCUT2D eigenvalue weighted by atomic mass is 9.86. The van der Waals surface area contributed by atoms with Gasteiger partial charge in [0, 0.05) is 27.5 Å². The molecule has 0 saturated carbocycles. The Hall–Kier alpha value is -3.80. The minimum absolute atomic E-state index is 0.120. The number of benzene rings is 2. The predicted molar refractivity (Wildman–Crippen MR) is 157 cm³/mol. The van der Waals surface area contributed by atoms with Gasteiger partial charge in [0.25, 0.3) is 5.91 Å². The van der Waals surface area contributed by atoms with Crippen LogP contribution in [0, 0.1) is 18.3 Å². The Morgan fingerprint density at radius 2 is 1.79 bits per heavy atom. The topological polar surface area (TPSA) is 94.0 Å². The summed E-state index contributed by atoms with van der Waals surface area (Å²) in [5.41, 5.74) is 5.18. The van der Waals surface area contributed by atoms with E-state index < -0.39 is 5.92 Å². The van der Waals surface area contributed by atoms with Crippen LogP contribution in [-0.4, -0.2) is 17.6 Å². The molecule has 0 radical (unpaired) electrons. The van der Waals surface area contributed by atoms with Crippen LogP contribution in [0.15, 0.2) is 87.9 Å². The highest BCUT2D eigenvalue weighted by Gasteiger charge is 2.35. The standard InChI is InChI=1S/C30H30N4O2S2/c1-18(2)21-11-13-22(14-12-21)33-26(35)17-38-30-23(16-31)28(25-10-7-15-37-25)27(20(4)32-30)29(36)34-24-9-6-5-8-19(24)3/h5-15,18,28,32H,17H2,1-4H3,(H,33,35)(H,34,36). The van der Waals surface area contributed by atoms with Crippen LogP contribution in [0.25, 0.3) is 0 Å². The number of para-hydroxylation sites is 1. The third-order valence-corrected chi connectivity index (χ3v) is 8.28. The first-order chi connectivity index (χ1) is 18.3. The van der Waals surface area contributed by atoms with E-state index in [0.717, 1.165) is 21.8 Å². The number of carbonyl (C=O) groups excluding carboxylic acids is 2. The summed E-state index contributed by atoms with van der Waals surface area (Å²) in [7, 11) is 0. The summed E-state index contributed by atoms with van der Waals surface area (Å²) in [6.07, 6.45) is 0. The Morgan fingerprint density at radius 1 is 1.05 bits per heavy atom. The summed E-state index contributed by atoms with van der Waals surface area (Å²) in [6, 6.07) is 21.6. The summed E-state index contributed by atoms with van der Waals surface area (Å²) < 4.78 is 0. The lowest BCUT2D eigenvalue weighted by Gasteiger charge is -2.29. The lowest BCUT2D eigenvalue weighted by Crippen LogP contribution is -2.31. The van der Waals surface area contributed by atoms with Crippen molar-refractivity contribution < 1.29 is 9.59 Å². The fourth-order valence-corrected chi connectivity index (χ4v) is 5.99. The number of anilines is 2. The molecule has 1 aromatic heterocycles. The number of thioether (sulfide) groups is 1. The van der Waals surface area contributed by atoms with Crippen molar-refractivity contribution in [2.75, 3.05) is 16.4 Å². The largest absolute Gasteiger partial charge is 0.353 e. The maximum Gasteiger partial charge on any atom is 0.254 e. The van der Waals surface area contributed by atoms with E-state index in [1.165, 1.54) is 28.7 Å². The average Bonchev–Trinajstić information content (AvgIpc) is 3.43. The third kappa shape index (κ3) is 6.18. The van der Waals surface area contributed by atoms with Crippen molar-refractivity contribution in [1.29, 1.82) is 5.26 Å². The van der Waals surface area contributed by atoms with Gasteiger partial charge in [0.05, 0.1) is 28.3 Å². The number of rotatable bonds is 8. The van der Waals surface area contributed by atoms with E-state index in [9.17, 15) is 14.9 Å². The molecule has 0 bridgehead atoms. The number of dihydropyridines is 1. The molecule has 2 heterocycles. The van der Waals surface area contributed by atoms with E-state index in [2.05, 4.69) is 35.9 Å². The fourth-order valence-electron chi connectivity index (χ4n) is 4.26. The Balaban J connectivity index is 1.55. The average molecular weight is 543 g/mol. The van der Waals surface area contributed by atoms with Crippen LogP contribution in [0.4, 0.5) is 11.4 Å². The smallest absolute Gasteiger partial charge is 0.254 e. The van der Waals surface area contributed by atoms with Gasteiger partial charge in [-0.05, 0) is 60.5 Å². The number of aryl methyl sites for hydroxylation is 1. The number of nitriles is 1. The second-order valence-corrected chi connectivity index (χ2v) is 11.3. The number of hydrogen-bond donors (Lipinski definition) is 3. The molecule has 2 aromatic carbocycles. The molecular formula is C30H30N4O2S2. The van der Waals surface area contributed by atoms with E-state index in [4.69, 9.17) is 0 Å². The minimum atomic E-state index is -0.528. The zero-order valence-electron chi connectivity index (χ0n) is 21.8. The van der Waals surface area contributed by atoms with Crippen LogP contribution in [0.3, 0.4) is 0 Å². The van der Waals surface area contributed by atoms with Crippen LogP contribution >= 0.6 is 23.1 Å². The highest BCUT2D eigenvalue weighted by Crippen LogP contribution is 2.42. The predicted octanol–water partition coefficient (Wildman–Crippen LogP) is 6.89. The van der Waals surface area contributed by atoms with Gasteiger partial charge in [0.1, 0.15) is 0 Å². The van der Waals surface area contributed by atoms with E-state index in [1.54, 1.807) is 0 Å². The Morgan fingerprint density at radius 3 is 2.42 bits per heavy atom. The second kappa shape index (κ2) is 12.2. The summed E-state index contributed by atoms with van der Waals surface area (Å²) in [5.74, 6) is -0.424. The molecular weight excluding hydrogens is 512 g/mol. The van der Waals surface area contributed by atoms with Gasteiger partial charge in [-0.1, -0.05) is 62.0 Å². The van der Waals surface area contributed by atoms with Crippen LogP contribution in [0.5, 0.6) is 0 Å². The monoisotopic (exact) mass is 542 g/mol.